The van der Waals surface area contributed by atoms with Gasteiger partial charge in [0.2, 0.25) is 0 Å². The number of rotatable bonds is 3. The average Bonchev–Trinajstić information content (AvgIpc) is 2.16. The second-order valence-corrected chi connectivity index (χ2v) is 3.26. The molecule has 0 aliphatic carbocycles. The van der Waals surface area contributed by atoms with E-state index in [9.17, 15) is 13.6 Å². The highest BCUT2D eigenvalue weighted by atomic mass is 79.9. The van der Waals surface area contributed by atoms with Gasteiger partial charge in [-0.3, -0.25) is 0 Å². The number of hydrogen-bond acceptors (Lipinski definition) is 3. The van der Waals surface area contributed by atoms with Gasteiger partial charge in [0.25, 0.3) is 6.43 Å². The van der Waals surface area contributed by atoms with Crippen LogP contribution in [0.1, 0.15) is 28.2 Å². The number of nitrogens with two attached hydrogens (primary N) is 1. The van der Waals surface area contributed by atoms with Crippen molar-refractivity contribution in [2.45, 2.75) is 11.8 Å². The number of halogens is 3. The van der Waals surface area contributed by atoms with Gasteiger partial charge in [0.15, 0.2) is 5.69 Å². The number of aromatic carboxylic acids is 1. The molecule has 0 aliphatic rings. The van der Waals surface area contributed by atoms with Crippen LogP contribution in [-0.4, -0.2) is 16.1 Å². The highest BCUT2D eigenvalue weighted by Crippen LogP contribution is 2.27. The van der Waals surface area contributed by atoms with Crippen LogP contribution in [0.2, 0.25) is 0 Å². The van der Waals surface area contributed by atoms with E-state index in [1.165, 1.54) is 0 Å². The van der Waals surface area contributed by atoms with Crippen molar-refractivity contribution in [1.29, 1.82) is 0 Å². The Kier molecular flexibility index (Phi) is 3.57. The molecule has 1 aromatic rings. The molecule has 0 unspecified atom stereocenters. The highest BCUT2D eigenvalue weighted by Gasteiger charge is 2.20. The molecule has 0 radical (unpaired) electrons. The van der Waals surface area contributed by atoms with E-state index < -0.39 is 23.8 Å². The SMILES string of the molecule is Nc1cc(C(=O)O)nc(C(F)F)c1CBr. The minimum Gasteiger partial charge on any atom is -0.477 e. The third-order valence-electron chi connectivity index (χ3n) is 1.75. The molecule has 0 fully saturated rings. The zero-order valence-electron chi connectivity index (χ0n) is 7.38. The van der Waals surface area contributed by atoms with Gasteiger partial charge in [0.05, 0.1) is 0 Å². The Labute approximate surface area is 92.2 Å². The number of alkyl halides is 3. The molecule has 4 nitrogen and oxygen atoms in total. The Morgan fingerprint density at radius 1 is 1.67 bits per heavy atom. The van der Waals surface area contributed by atoms with Crippen LogP contribution in [0.25, 0.3) is 0 Å². The van der Waals surface area contributed by atoms with Gasteiger partial charge in [-0.1, -0.05) is 15.9 Å². The number of nitrogen functional groups attached to an aromatic ring is 1. The van der Waals surface area contributed by atoms with Crippen molar-refractivity contribution < 1.29 is 18.7 Å². The molecule has 1 heterocycles. The van der Waals surface area contributed by atoms with Crippen LogP contribution in [0.5, 0.6) is 0 Å². The van der Waals surface area contributed by atoms with Crippen LogP contribution < -0.4 is 5.73 Å². The van der Waals surface area contributed by atoms with E-state index in [1.54, 1.807) is 0 Å². The lowest BCUT2D eigenvalue weighted by Crippen LogP contribution is -2.09. The van der Waals surface area contributed by atoms with Crippen molar-refractivity contribution in [3.8, 4) is 0 Å². The smallest absolute Gasteiger partial charge is 0.354 e. The fraction of sp³-hybridized carbons (Fsp3) is 0.250. The third-order valence-corrected chi connectivity index (χ3v) is 2.31. The zero-order chi connectivity index (χ0) is 11.6. The summed E-state index contributed by atoms with van der Waals surface area (Å²) in [5.41, 5.74) is 4.48. The lowest BCUT2D eigenvalue weighted by Gasteiger charge is -2.09. The minimum absolute atomic E-state index is 0.00502. The molecular formula is C8H7BrF2N2O2. The molecule has 0 aliphatic heterocycles. The first-order valence-corrected chi connectivity index (χ1v) is 4.96. The van der Waals surface area contributed by atoms with Gasteiger partial charge in [0, 0.05) is 16.6 Å². The Balaban J connectivity index is 3.38. The van der Waals surface area contributed by atoms with Crippen LogP contribution in [0, 0.1) is 0 Å². The lowest BCUT2D eigenvalue weighted by atomic mass is 10.1. The number of carboxylic acids is 1. The summed E-state index contributed by atoms with van der Waals surface area (Å²) in [6, 6.07) is 1.06. The van der Waals surface area contributed by atoms with E-state index >= 15 is 0 Å². The summed E-state index contributed by atoms with van der Waals surface area (Å²) in [6.45, 7) is 0. The van der Waals surface area contributed by atoms with Gasteiger partial charge >= 0.3 is 5.97 Å². The largest absolute Gasteiger partial charge is 0.477 e. The summed E-state index contributed by atoms with van der Waals surface area (Å²) in [5.74, 6) is -1.38. The summed E-state index contributed by atoms with van der Waals surface area (Å²) < 4.78 is 25.0. The molecule has 0 bridgehead atoms. The van der Waals surface area contributed by atoms with Gasteiger partial charge in [-0.25, -0.2) is 18.6 Å². The normalized spacial score (nSPS) is 10.7. The van der Waals surface area contributed by atoms with Gasteiger partial charge in [-0.2, -0.15) is 0 Å². The van der Waals surface area contributed by atoms with Crippen molar-refractivity contribution in [1.82, 2.24) is 4.98 Å². The summed E-state index contributed by atoms with van der Waals surface area (Å²) in [6.07, 6.45) is -2.85. The van der Waals surface area contributed by atoms with E-state index in [0.717, 1.165) is 6.07 Å². The molecule has 15 heavy (non-hydrogen) atoms. The van der Waals surface area contributed by atoms with Crippen molar-refractivity contribution in [3.63, 3.8) is 0 Å². The van der Waals surface area contributed by atoms with E-state index in [1.807, 2.05) is 0 Å². The fourth-order valence-electron chi connectivity index (χ4n) is 1.05. The number of carbonyl (C=O) groups is 1. The topological polar surface area (TPSA) is 76.2 Å². The van der Waals surface area contributed by atoms with Crippen LogP contribution in [0.3, 0.4) is 0 Å². The minimum atomic E-state index is -2.85. The first-order valence-electron chi connectivity index (χ1n) is 3.84. The second-order valence-electron chi connectivity index (χ2n) is 2.70. The molecule has 1 aromatic heterocycles. The summed E-state index contributed by atoms with van der Waals surface area (Å²) in [5, 5.41) is 8.71. The number of anilines is 1. The predicted octanol–water partition coefficient (Wildman–Crippen LogP) is 2.19. The number of aromatic nitrogens is 1. The maximum absolute atomic E-state index is 12.5. The van der Waals surface area contributed by atoms with Gasteiger partial charge in [-0.05, 0) is 6.07 Å². The number of pyridine rings is 1. The van der Waals surface area contributed by atoms with E-state index in [2.05, 4.69) is 20.9 Å². The quantitative estimate of drug-likeness (QED) is 0.833. The molecule has 0 atom stereocenters. The average molecular weight is 281 g/mol. The molecule has 0 spiro atoms. The molecule has 0 saturated heterocycles. The van der Waals surface area contributed by atoms with Crippen LogP contribution in [0.15, 0.2) is 6.07 Å². The van der Waals surface area contributed by atoms with Crippen molar-refractivity contribution in [2.24, 2.45) is 0 Å². The third kappa shape index (κ3) is 2.41. The molecular weight excluding hydrogens is 274 g/mol. The summed E-state index contributed by atoms with van der Waals surface area (Å²) in [4.78, 5) is 13.9. The molecule has 1 rings (SSSR count). The van der Waals surface area contributed by atoms with E-state index in [-0.39, 0.29) is 16.6 Å². The second kappa shape index (κ2) is 4.52. The van der Waals surface area contributed by atoms with Crippen molar-refractivity contribution in [3.05, 3.63) is 23.0 Å². The standard InChI is InChI=1S/C8H7BrF2N2O2/c9-2-3-4(12)1-5(8(14)15)13-6(3)7(10)11/h1,7H,2H2,(H2,12,13)(H,14,15). The van der Waals surface area contributed by atoms with Crippen LogP contribution in [0.4, 0.5) is 14.5 Å². The molecule has 0 saturated carbocycles. The van der Waals surface area contributed by atoms with Gasteiger partial charge in [0.1, 0.15) is 5.69 Å². The number of carboxylic acid groups (broad SMARTS) is 1. The maximum atomic E-state index is 12.5. The number of nitrogens with zero attached hydrogens (tertiary/aromatic N) is 1. The van der Waals surface area contributed by atoms with Gasteiger partial charge in [-0.15, -0.1) is 0 Å². The molecule has 0 amide bonds. The predicted molar refractivity (Wildman–Crippen MR) is 53.2 cm³/mol. The molecule has 3 N–H and O–H groups in total. The Morgan fingerprint density at radius 3 is 2.67 bits per heavy atom. The Hall–Kier alpha value is -1.24. The monoisotopic (exact) mass is 280 g/mol. The molecule has 7 heteroatoms. The van der Waals surface area contributed by atoms with Crippen LogP contribution >= 0.6 is 15.9 Å². The molecule has 0 aromatic carbocycles. The van der Waals surface area contributed by atoms with Gasteiger partial charge < -0.3 is 10.8 Å². The van der Waals surface area contributed by atoms with Crippen molar-refractivity contribution >= 4 is 27.6 Å². The summed E-state index contributed by atoms with van der Waals surface area (Å²) in [7, 11) is 0. The summed E-state index contributed by atoms with van der Waals surface area (Å²) >= 11 is 2.99. The zero-order valence-corrected chi connectivity index (χ0v) is 8.96. The van der Waals surface area contributed by atoms with Crippen molar-refractivity contribution in [2.75, 3.05) is 5.73 Å². The first-order chi connectivity index (χ1) is 6.97. The molecule has 82 valence electrons. The Morgan fingerprint density at radius 2 is 2.27 bits per heavy atom. The van der Waals surface area contributed by atoms with E-state index in [0.29, 0.717) is 0 Å². The van der Waals surface area contributed by atoms with Crippen LogP contribution in [-0.2, 0) is 5.33 Å². The fourth-order valence-corrected chi connectivity index (χ4v) is 1.66. The maximum Gasteiger partial charge on any atom is 0.354 e. The number of hydrogen-bond donors (Lipinski definition) is 2. The highest BCUT2D eigenvalue weighted by molar-refractivity contribution is 9.08. The van der Waals surface area contributed by atoms with E-state index in [4.69, 9.17) is 10.8 Å². The Bertz CT molecular complexity index is 398. The lowest BCUT2D eigenvalue weighted by molar-refractivity contribution is 0.0688. The first kappa shape index (κ1) is 11.8.